The minimum atomic E-state index is -4.25. The molecular formula is C16H10Cl3N3O4S. The average Bonchev–Trinajstić information content (AvgIpc) is 3.12. The Morgan fingerprint density at radius 1 is 1.07 bits per heavy atom. The molecule has 0 aliphatic heterocycles. The number of aromatic nitrogens is 2. The third-order valence-corrected chi connectivity index (χ3v) is 5.99. The van der Waals surface area contributed by atoms with Crippen LogP contribution in [0.15, 0.2) is 65.8 Å². The number of nitro groups is 1. The molecule has 0 N–H and O–H groups in total. The lowest BCUT2D eigenvalue weighted by molar-refractivity contribution is -0.385. The molecule has 3 rings (SSSR count). The number of nitrogens with zero attached hydrogens (tertiary/aromatic N) is 3. The van der Waals surface area contributed by atoms with Gasteiger partial charge in [-0.3, -0.25) is 10.1 Å². The minimum Gasteiger partial charge on any atom is -0.258 e. The summed E-state index contributed by atoms with van der Waals surface area (Å²) in [7, 11) is -4.25. The monoisotopic (exact) mass is 445 g/mol. The Hall–Kier alpha value is -2.13. The zero-order valence-corrected chi connectivity index (χ0v) is 16.4. The number of hydrogen-bond donors (Lipinski definition) is 0. The van der Waals surface area contributed by atoms with E-state index in [9.17, 15) is 18.5 Å². The lowest BCUT2D eigenvalue weighted by atomic mass is 10.2. The largest absolute Gasteiger partial charge is 0.269 e. The van der Waals surface area contributed by atoms with E-state index >= 15 is 0 Å². The van der Waals surface area contributed by atoms with Gasteiger partial charge in [0.05, 0.1) is 9.82 Å². The molecule has 2 aromatic carbocycles. The number of nitro benzene ring substituents is 1. The minimum absolute atomic E-state index is 0.157. The molecule has 0 unspecified atom stereocenters. The van der Waals surface area contributed by atoms with Gasteiger partial charge in [0.2, 0.25) is 3.79 Å². The number of imidazole rings is 1. The second-order valence-corrected chi connectivity index (χ2v) is 9.42. The van der Waals surface area contributed by atoms with Crippen molar-refractivity contribution in [3.05, 3.63) is 76.6 Å². The van der Waals surface area contributed by atoms with Crippen LogP contribution < -0.4 is 0 Å². The first kappa shape index (κ1) is 19.6. The third-order valence-electron chi connectivity index (χ3n) is 3.66. The molecule has 1 heterocycles. The maximum atomic E-state index is 13.2. The van der Waals surface area contributed by atoms with Crippen LogP contribution in [0.3, 0.4) is 0 Å². The Labute approximate surface area is 169 Å². The van der Waals surface area contributed by atoms with Crippen molar-refractivity contribution in [2.24, 2.45) is 0 Å². The van der Waals surface area contributed by atoms with Crippen molar-refractivity contribution >= 4 is 50.5 Å². The highest BCUT2D eigenvalue weighted by atomic mass is 35.6. The zero-order valence-electron chi connectivity index (χ0n) is 13.3. The third kappa shape index (κ3) is 3.79. The van der Waals surface area contributed by atoms with Crippen molar-refractivity contribution in [3.8, 4) is 11.4 Å². The fraction of sp³-hybridized carbons (Fsp3) is 0.0625. The molecular weight excluding hydrogens is 437 g/mol. The number of alkyl halides is 3. The standard InChI is InChI=1S/C16H10Cl3N3O4S/c17-16(18,19)13-10-12(22(23)24)6-7-14(13)27(25,26)21-9-8-20-15(21)11-4-2-1-3-5-11/h1-10H. The van der Waals surface area contributed by atoms with E-state index in [2.05, 4.69) is 4.98 Å². The number of hydrogen-bond acceptors (Lipinski definition) is 5. The van der Waals surface area contributed by atoms with Crippen LogP contribution in [0.1, 0.15) is 5.56 Å². The predicted octanol–water partition coefficient (Wildman–Crippen LogP) is 4.52. The van der Waals surface area contributed by atoms with Crippen molar-refractivity contribution in [2.75, 3.05) is 0 Å². The van der Waals surface area contributed by atoms with Gasteiger partial charge in [-0.05, 0) is 6.07 Å². The van der Waals surface area contributed by atoms with Crippen LogP contribution in [0.25, 0.3) is 11.4 Å². The van der Waals surface area contributed by atoms with Gasteiger partial charge in [-0.1, -0.05) is 65.1 Å². The van der Waals surface area contributed by atoms with Crippen LogP contribution in [0, 0.1) is 10.1 Å². The first-order chi connectivity index (χ1) is 12.6. The van der Waals surface area contributed by atoms with Crippen molar-refractivity contribution in [2.45, 2.75) is 8.69 Å². The van der Waals surface area contributed by atoms with E-state index in [-0.39, 0.29) is 16.3 Å². The lowest BCUT2D eigenvalue weighted by Gasteiger charge is -2.17. The van der Waals surface area contributed by atoms with Gasteiger partial charge in [0.15, 0.2) is 5.82 Å². The fourth-order valence-corrected chi connectivity index (χ4v) is 4.63. The van der Waals surface area contributed by atoms with E-state index < -0.39 is 24.4 Å². The summed E-state index contributed by atoms with van der Waals surface area (Å²) in [5.41, 5.74) is -0.165. The second-order valence-electron chi connectivity index (χ2n) is 5.35. The van der Waals surface area contributed by atoms with Crippen molar-refractivity contribution in [1.82, 2.24) is 8.96 Å². The fourth-order valence-electron chi connectivity index (χ4n) is 2.46. The molecule has 140 valence electrons. The maximum absolute atomic E-state index is 13.2. The number of rotatable bonds is 4. The Bertz CT molecular complexity index is 1110. The first-order valence-electron chi connectivity index (χ1n) is 7.32. The van der Waals surface area contributed by atoms with E-state index in [0.717, 1.165) is 22.2 Å². The Morgan fingerprint density at radius 3 is 2.33 bits per heavy atom. The molecule has 0 amide bonds. The normalized spacial score (nSPS) is 12.1. The molecule has 0 aliphatic carbocycles. The summed E-state index contributed by atoms with van der Waals surface area (Å²) in [5.74, 6) is 0.157. The number of benzene rings is 2. The molecule has 27 heavy (non-hydrogen) atoms. The van der Waals surface area contributed by atoms with Gasteiger partial charge in [0.25, 0.3) is 15.7 Å². The van der Waals surface area contributed by atoms with Gasteiger partial charge in [-0.15, -0.1) is 0 Å². The van der Waals surface area contributed by atoms with E-state index in [4.69, 9.17) is 34.8 Å². The first-order valence-corrected chi connectivity index (χ1v) is 9.90. The highest BCUT2D eigenvalue weighted by Crippen LogP contribution is 2.43. The van der Waals surface area contributed by atoms with Gasteiger partial charge in [-0.25, -0.2) is 17.4 Å². The van der Waals surface area contributed by atoms with Crippen LogP contribution in [-0.4, -0.2) is 22.3 Å². The van der Waals surface area contributed by atoms with Gasteiger partial charge in [0, 0.05) is 35.7 Å². The lowest BCUT2D eigenvalue weighted by Crippen LogP contribution is -2.18. The predicted molar refractivity (Wildman–Crippen MR) is 103 cm³/mol. The summed E-state index contributed by atoms with van der Waals surface area (Å²) < 4.78 is 25.2. The van der Waals surface area contributed by atoms with Gasteiger partial charge in [0.1, 0.15) is 0 Å². The van der Waals surface area contributed by atoms with Crippen molar-refractivity contribution < 1.29 is 13.3 Å². The number of non-ortho nitro benzene ring substituents is 1. The molecule has 0 spiro atoms. The van der Waals surface area contributed by atoms with Gasteiger partial charge < -0.3 is 0 Å². The molecule has 0 saturated carbocycles. The molecule has 0 bridgehead atoms. The van der Waals surface area contributed by atoms with Gasteiger partial charge in [-0.2, -0.15) is 0 Å². The SMILES string of the molecule is O=[N+]([O-])c1ccc(S(=O)(=O)n2ccnc2-c2ccccc2)c(C(Cl)(Cl)Cl)c1. The number of halogens is 3. The highest BCUT2D eigenvalue weighted by molar-refractivity contribution is 7.90. The average molecular weight is 447 g/mol. The van der Waals surface area contributed by atoms with E-state index in [0.29, 0.717) is 5.56 Å². The molecule has 0 radical (unpaired) electrons. The summed E-state index contributed by atoms with van der Waals surface area (Å²) >= 11 is 17.7. The Morgan fingerprint density at radius 2 is 1.74 bits per heavy atom. The summed E-state index contributed by atoms with van der Waals surface area (Å²) in [6.45, 7) is 0. The van der Waals surface area contributed by atoms with Crippen LogP contribution in [0.5, 0.6) is 0 Å². The molecule has 1 aromatic heterocycles. The summed E-state index contributed by atoms with van der Waals surface area (Å²) in [5, 5.41) is 11.0. The van der Waals surface area contributed by atoms with Crippen LogP contribution in [0.2, 0.25) is 0 Å². The summed E-state index contributed by atoms with van der Waals surface area (Å²) in [6.07, 6.45) is 2.57. The Kier molecular flexibility index (Phi) is 5.18. The quantitative estimate of drug-likeness (QED) is 0.333. The smallest absolute Gasteiger partial charge is 0.258 e. The molecule has 0 fully saturated rings. The molecule has 3 aromatic rings. The molecule has 7 nitrogen and oxygen atoms in total. The van der Waals surface area contributed by atoms with Crippen LogP contribution >= 0.6 is 34.8 Å². The molecule has 0 aliphatic rings. The second kappa shape index (κ2) is 7.12. The summed E-state index contributed by atoms with van der Waals surface area (Å²) in [6, 6.07) is 11.6. The van der Waals surface area contributed by atoms with Crippen LogP contribution in [0.4, 0.5) is 5.69 Å². The van der Waals surface area contributed by atoms with Crippen molar-refractivity contribution in [3.63, 3.8) is 0 Å². The zero-order chi connectivity index (χ0) is 19.8. The van der Waals surface area contributed by atoms with E-state index in [1.807, 2.05) is 0 Å². The Balaban J connectivity index is 2.23. The molecule has 0 saturated heterocycles. The summed E-state index contributed by atoms with van der Waals surface area (Å²) in [4.78, 5) is 14.0. The van der Waals surface area contributed by atoms with E-state index in [1.54, 1.807) is 30.3 Å². The van der Waals surface area contributed by atoms with E-state index in [1.165, 1.54) is 12.4 Å². The van der Waals surface area contributed by atoms with Gasteiger partial charge >= 0.3 is 0 Å². The topological polar surface area (TPSA) is 95.1 Å². The van der Waals surface area contributed by atoms with Crippen molar-refractivity contribution in [1.29, 1.82) is 0 Å². The molecule has 0 atom stereocenters. The maximum Gasteiger partial charge on any atom is 0.269 e. The highest BCUT2D eigenvalue weighted by Gasteiger charge is 2.34. The molecule has 11 heteroatoms. The van der Waals surface area contributed by atoms with Crippen LogP contribution in [-0.2, 0) is 13.8 Å².